The summed E-state index contributed by atoms with van der Waals surface area (Å²) >= 11 is 1.59. The van der Waals surface area contributed by atoms with Crippen LogP contribution in [0, 0.1) is 6.92 Å². The molecule has 0 spiro atoms. The summed E-state index contributed by atoms with van der Waals surface area (Å²) in [6.45, 7) is 4.00. The van der Waals surface area contributed by atoms with Crippen molar-refractivity contribution in [3.63, 3.8) is 0 Å². The number of nitrogens with zero attached hydrogens (tertiary/aromatic N) is 1. The molecule has 1 aromatic heterocycles. The molecule has 0 aliphatic rings. The lowest BCUT2D eigenvalue weighted by Gasteiger charge is -2.06. The van der Waals surface area contributed by atoms with Crippen LogP contribution in [0.5, 0.6) is 5.88 Å². The first kappa shape index (κ1) is 14.7. The molecule has 20 heavy (non-hydrogen) atoms. The Hall–Kier alpha value is -1.75. The second-order valence-corrected chi connectivity index (χ2v) is 5.64. The second-order valence-electron chi connectivity index (χ2n) is 4.62. The highest BCUT2D eigenvalue weighted by Gasteiger charge is 2.10. The van der Waals surface area contributed by atoms with E-state index in [1.54, 1.807) is 11.8 Å². The van der Waals surface area contributed by atoms with Crippen molar-refractivity contribution in [2.45, 2.75) is 37.3 Å². The summed E-state index contributed by atoms with van der Waals surface area (Å²) in [7, 11) is 0. The number of nitrogens with one attached hydrogen (secondary N) is 1. The Bertz CT molecular complexity index is 653. The number of hydrogen-bond donors (Lipinski definition) is 2. The van der Waals surface area contributed by atoms with Crippen LogP contribution in [0.3, 0.4) is 0 Å². The monoisotopic (exact) mass is 290 g/mol. The van der Waals surface area contributed by atoms with Crippen molar-refractivity contribution in [1.82, 2.24) is 9.97 Å². The molecule has 106 valence electrons. The molecule has 2 aromatic rings. The summed E-state index contributed by atoms with van der Waals surface area (Å²) in [6, 6.07) is 8.04. The Balaban J connectivity index is 2.15. The number of benzene rings is 1. The number of rotatable bonds is 5. The number of aryl methyl sites for hydroxylation is 1. The Labute approximate surface area is 122 Å². The van der Waals surface area contributed by atoms with E-state index in [4.69, 9.17) is 0 Å². The van der Waals surface area contributed by atoms with E-state index in [2.05, 4.69) is 9.97 Å². The number of aromatic nitrogens is 2. The Morgan fingerprint density at radius 2 is 2.10 bits per heavy atom. The van der Waals surface area contributed by atoms with E-state index in [0.29, 0.717) is 23.6 Å². The van der Waals surface area contributed by atoms with Crippen molar-refractivity contribution < 1.29 is 5.11 Å². The van der Waals surface area contributed by atoms with Gasteiger partial charge >= 0.3 is 0 Å². The summed E-state index contributed by atoms with van der Waals surface area (Å²) in [5, 5.41) is 9.81. The van der Waals surface area contributed by atoms with Crippen LogP contribution in [-0.4, -0.2) is 15.1 Å². The van der Waals surface area contributed by atoms with Crippen molar-refractivity contribution in [1.29, 1.82) is 0 Å². The van der Waals surface area contributed by atoms with E-state index in [1.807, 2.05) is 38.1 Å². The predicted molar refractivity (Wildman–Crippen MR) is 81.3 cm³/mol. The lowest BCUT2D eigenvalue weighted by atomic mass is 10.2. The molecule has 0 amide bonds. The highest BCUT2D eigenvalue weighted by atomic mass is 32.2. The van der Waals surface area contributed by atoms with Gasteiger partial charge in [-0.2, -0.15) is 4.98 Å². The molecule has 0 aliphatic heterocycles. The molecule has 2 rings (SSSR count). The molecular formula is C15H18N2O2S. The number of hydrogen-bond acceptors (Lipinski definition) is 4. The summed E-state index contributed by atoms with van der Waals surface area (Å²) < 4.78 is 0. The Morgan fingerprint density at radius 3 is 2.75 bits per heavy atom. The van der Waals surface area contributed by atoms with E-state index >= 15 is 0 Å². The minimum Gasteiger partial charge on any atom is -0.493 e. The number of aromatic amines is 1. The first-order chi connectivity index (χ1) is 9.61. The number of H-pyrrole nitrogens is 1. The zero-order valence-corrected chi connectivity index (χ0v) is 12.5. The van der Waals surface area contributed by atoms with Crippen molar-refractivity contribution in [2.75, 3.05) is 0 Å². The standard InChI is InChI=1S/C15H18N2O2S/c1-3-6-11-14(18)16-13(17-15(11)19)9-20-12-8-5-4-7-10(12)2/h4-5,7-8H,3,6,9H2,1-2H3,(H2,16,17,18,19). The highest BCUT2D eigenvalue weighted by molar-refractivity contribution is 7.98. The Kier molecular flexibility index (Phi) is 4.84. The van der Waals surface area contributed by atoms with Crippen LogP contribution < -0.4 is 5.56 Å². The molecule has 0 fully saturated rings. The third-order valence-corrected chi connectivity index (χ3v) is 4.19. The van der Waals surface area contributed by atoms with Gasteiger partial charge in [0.2, 0.25) is 5.88 Å². The van der Waals surface area contributed by atoms with Crippen LogP contribution in [0.25, 0.3) is 0 Å². The molecule has 5 heteroatoms. The van der Waals surface area contributed by atoms with Gasteiger partial charge in [-0.05, 0) is 25.0 Å². The zero-order chi connectivity index (χ0) is 14.5. The number of thioether (sulfide) groups is 1. The normalized spacial score (nSPS) is 10.7. The summed E-state index contributed by atoms with van der Waals surface area (Å²) in [5.41, 5.74) is 1.32. The highest BCUT2D eigenvalue weighted by Crippen LogP contribution is 2.24. The zero-order valence-electron chi connectivity index (χ0n) is 11.6. The van der Waals surface area contributed by atoms with Gasteiger partial charge in [0, 0.05) is 4.90 Å². The van der Waals surface area contributed by atoms with Gasteiger partial charge in [0.15, 0.2) is 0 Å². The van der Waals surface area contributed by atoms with Crippen LogP contribution in [-0.2, 0) is 12.2 Å². The van der Waals surface area contributed by atoms with Gasteiger partial charge in [0.25, 0.3) is 5.56 Å². The first-order valence-electron chi connectivity index (χ1n) is 6.61. The molecule has 1 aromatic carbocycles. The molecule has 1 heterocycles. The second kappa shape index (κ2) is 6.61. The molecule has 0 unspecified atom stereocenters. The van der Waals surface area contributed by atoms with Gasteiger partial charge in [0.1, 0.15) is 5.82 Å². The van der Waals surface area contributed by atoms with Crippen molar-refractivity contribution in [2.24, 2.45) is 0 Å². The van der Waals surface area contributed by atoms with Gasteiger partial charge in [-0.3, -0.25) is 4.79 Å². The van der Waals surface area contributed by atoms with E-state index in [9.17, 15) is 9.90 Å². The minimum absolute atomic E-state index is 0.143. The molecule has 0 saturated heterocycles. The molecule has 0 saturated carbocycles. The van der Waals surface area contributed by atoms with Gasteiger partial charge < -0.3 is 10.1 Å². The van der Waals surface area contributed by atoms with Gasteiger partial charge in [-0.15, -0.1) is 11.8 Å². The minimum atomic E-state index is -0.236. The molecule has 4 nitrogen and oxygen atoms in total. The van der Waals surface area contributed by atoms with Crippen LogP contribution in [0.2, 0.25) is 0 Å². The quantitative estimate of drug-likeness (QED) is 0.831. The Morgan fingerprint density at radius 1 is 1.35 bits per heavy atom. The van der Waals surface area contributed by atoms with Crippen molar-refractivity contribution in [3.05, 3.63) is 51.6 Å². The molecule has 2 N–H and O–H groups in total. The fraction of sp³-hybridized carbons (Fsp3) is 0.333. The fourth-order valence-corrected chi connectivity index (χ4v) is 2.84. The third-order valence-electron chi connectivity index (χ3n) is 3.00. The van der Waals surface area contributed by atoms with Crippen LogP contribution in [0.4, 0.5) is 0 Å². The van der Waals surface area contributed by atoms with E-state index in [0.717, 1.165) is 11.3 Å². The summed E-state index contributed by atoms with van der Waals surface area (Å²) in [4.78, 5) is 19.8. The summed E-state index contributed by atoms with van der Waals surface area (Å²) in [6.07, 6.45) is 1.34. The molecule has 0 bridgehead atoms. The largest absolute Gasteiger partial charge is 0.493 e. The SMILES string of the molecule is CCCc1c(O)nc(CSc2ccccc2C)[nH]c1=O. The molecular weight excluding hydrogens is 272 g/mol. The van der Waals surface area contributed by atoms with E-state index < -0.39 is 0 Å². The van der Waals surface area contributed by atoms with Crippen LogP contribution >= 0.6 is 11.8 Å². The predicted octanol–water partition coefficient (Wildman–Crippen LogP) is 3.03. The summed E-state index contributed by atoms with van der Waals surface area (Å²) in [5.74, 6) is 0.886. The third kappa shape index (κ3) is 3.42. The van der Waals surface area contributed by atoms with E-state index in [-0.39, 0.29) is 11.4 Å². The van der Waals surface area contributed by atoms with E-state index in [1.165, 1.54) is 5.56 Å². The maximum Gasteiger partial charge on any atom is 0.257 e. The average molecular weight is 290 g/mol. The smallest absolute Gasteiger partial charge is 0.257 e. The maximum atomic E-state index is 11.9. The lowest BCUT2D eigenvalue weighted by molar-refractivity contribution is 0.440. The molecule has 0 atom stereocenters. The van der Waals surface area contributed by atoms with Gasteiger partial charge in [-0.25, -0.2) is 0 Å². The number of aromatic hydroxyl groups is 1. The topological polar surface area (TPSA) is 66.0 Å². The van der Waals surface area contributed by atoms with Gasteiger partial charge in [-0.1, -0.05) is 31.5 Å². The van der Waals surface area contributed by atoms with Gasteiger partial charge in [0.05, 0.1) is 11.3 Å². The van der Waals surface area contributed by atoms with Crippen LogP contribution in [0.1, 0.15) is 30.3 Å². The molecule has 0 aliphatic carbocycles. The van der Waals surface area contributed by atoms with Crippen molar-refractivity contribution in [3.8, 4) is 5.88 Å². The maximum absolute atomic E-state index is 11.9. The average Bonchev–Trinajstić information content (AvgIpc) is 2.42. The first-order valence-corrected chi connectivity index (χ1v) is 7.59. The lowest BCUT2D eigenvalue weighted by Crippen LogP contribution is -2.16. The van der Waals surface area contributed by atoms with Crippen molar-refractivity contribution >= 4 is 11.8 Å². The van der Waals surface area contributed by atoms with Crippen LogP contribution in [0.15, 0.2) is 34.0 Å². The fourth-order valence-electron chi connectivity index (χ4n) is 1.94. The molecule has 0 radical (unpaired) electrons.